The molecular weight excluding hydrogens is 144 g/mol. The Hall–Kier alpha value is -0.700. The van der Waals surface area contributed by atoms with Crippen LogP contribution in [0, 0.1) is 11.8 Å². The van der Waals surface area contributed by atoms with Crippen LogP contribution in [0.25, 0.3) is 0 Å². The first-order chi connectivity index (χ1) is 5.91. The van der Waals surface area contributed by atoms with Crippen LogP contribution in [0.1, 0.15) is 52.4 Å². The van der Waals surface area contributed by atoms with Crippen molar-refractivity contribution in [2.75, 3.05) is 0 Å². The Kier molecular flexibility index (Phi) is 9.70. The molecule has 12 heavy (non-hydrogen) atoms. The van der Waals surface area contributed by atoms with E-state index in [-0.39, 0.29) is 0 Å². The van der Waals surface area contributed by atoms with Crippen LogP contribution in [-0.4, -0.2) is 0 Å². The second-order valence-electron chi connectivity index (χ2n) is 2.97. The zero-order valence-corrected chi connectivity index (χ0v) is 8.40. The van der Waals surface area contributed by atoms with Crippen LogP contribution in [-0.2, 0) is 0 Å². The summed E-state index contributed by atoms with van der Waals surface area (Å²) in [5.74, 6) is 6.17. The molecule has 0 nitrogen and oxygen atoms in total. The maximum Gasteiger partial charge on any atom is 0.00921 e. The summed E-state index contributed by atoms with van der Waals surface area (Å²) < 4.78 is 0. The lowest BCUT2D eigenvalue weighted by molar-refractivity contribution is 0.815. The molecule has 0 amide bonds. The van der Waals surface area contributed by atoms with Crippen molar-refractivity contribution in [3.05, 3.63) is 12.2 Å². The Morgan fingerprint density at radius 3 is 2.50 bits per heavy atom. The van der Waals surface area contributed by atoms with Gasteiger partial charge in [0.15, 0.2) is 0 Å². The maximum atomic E-state index is 3.13. The summed E-state index contributed by atoms with van der Waals surface area (Å²) >= 11 is 0. The molecule has 0 bridgehead atoms. The largest absolute Gasteiger partial charge is 0.0985 e. The monoisotopic (exact) mass is 164 g/mol. The minimum absolute atomic E-state index is 1.05. The van der Waals surface area contributed by atoms with E-state index in [2.05, 4.69) is 31.8 Å². The molecule has 68 valence electrons. The minimum Gasteiger partial charge on any atom is -0.0985 e. The third-order valence-electron chi connectivity index (χ3n) is 1.68. The van der Waals surface area contributed by atoms with Crippen molar-refractivity contribution in [3.63, 3.8) is 0 Å². The molecular formula is C12H20. The smallest absolute Gasteiger partial charge is 0.00921 e. The molecule has 0 aliphatic carbocycles. The first kappa shape index (κ1) is 11.3. The summed E-state index contributed by atoms with van der Waals surface area (Å²) in [6, 6.07) is 0. The molecule has 0 heteroatoms. The van der Waals surface area contributed by atoms with Crippen LogP contribution >= 0.6 is 0 Å². The molecule has 0 N–H and O–H groups in total. The molecule has 0 aromatic heterocycles. The molecule has 0 fully saturated rings. The van der Waals surface area contributed by atoms with Crippen molar-refractivity contribution in [2.24, 2.45) is 0 Å². The Morgan fingerprint density at radius 2 is 1.83 bits per heavy atom. The van der Waals surface area contributed by atoms with Crippen LogP contribution in [0.2, 0.25) is 0 Å². The Morgan fingerprint density at radius 1 is 1.08 bits per heavy atom. The van der Waals surface area contributed by atoms with Crippen molar-refractivity contribution in [2.45, 2.75) is 52.4 Å². The van der Waals surface area contributed by atoms with E-state index in [0.717, 1.165) is 6.42 Å². The van der Waals surface area contributed by atoms with Gasteiger partial charge in [0, 0.05) is 6.42 Å². The molecule has 0 aliphatic heterocycles. The predicted octanol–water partition coefficient (Wildman–Crippen LogP) is 3.93. The van der Waals surface area contributed by atoms with Crippen molar-refractivity contribution < 1.29 is 0 Å². The highest BCUT2D eigenvalue weighted by Crippen LogP contribution is 1.94. The molecule has 0 saturated carbocycles. The van der Waals surface area contributed by atoms with E-state index in [1.807, 2.05) is 6.08 Å². The van der Waals surface area contributed by atoms with Gasteiger partial charge in [-0.1, -0.05) is 51.0 Å². The summed E-state index contributed by atoms with van der Waals surface area (Å²) in [4.78, 5) is 0. The summed E-state index contributed by atoms with van der Waals surface area (Å²) in [6.45, 7) is 4.40. The fourth-order valence-electron chi connectivity index (χ4n) is 0.860. The maximum absolute atomic E-state index is 3.13. The lowest BCUT2D eigenvalue weighted by atomic mass is 10.2. The number of allylic oxidation sites excluding steroid dienone is 2. The zero-order chi connectivity index (χ0) is 9.07. The van der Waals surface area contributed by atoms with Crippen molar-refractivity contribution in [3.8, 4) is 11.8 Å². The van der Waals surface area contributed by atoms with Crippen molar-refractivity contribution in [1.29, 1.82) is 0 Å². The molecule has 0 spiro atoms. The van der Waals surface area contributed by atoms with Gasteiger partial charge in [0.05, 0.1) is 0 Å². The standard InChI is InChI=1S/C12H20/c1-3-5-7-9-11-12-10-8-6-4-2/h9,11H,3-8H2,1-2H3. The van der Waals surface area contributed by atoms with E-state index in [4.69, 9.17) is 0 Å². The number of unbranched alkanes of at least 4 members (excludes halogenated alkanes) is 4. The van der Waals surface area contributed by atoms with E-state index in [9.17, 15) is 0 Å². The lowest BCUT2D eigenvalue weighted by Crippen LogP contribution is -1.67. The van der Waals surface area contributed by atoms with Gasteiger partial charge in [-0.15, -0.1) is 0 Å². The van der Waals surface area contributed by atoms with Gasteiger partial charge in [-0.3, -0.25) is 0 Å². The van der Waals surface area contributed by atoms with Crippen LogP contribution in [0.4, 0.5) is 0 Å². The number of hydrogen-bond donors (Lipinski definition) is 0. The van der Waals surface area contributed by atoms with Gasteiger partial charge >= 0.3 is 0 Å². The van der Waals surface area contributed by atoms with E-state index in [0.29, 0.717) is 0 Å². The molecule has 0 heterocycles. The number of hydrogen-bond acceptors (Lipinski definition) is 0. The summed E-state index contributed by atoms with van der Waals surface area (Å²) in [5, 5.41) is 0. The highest BCUT2D eigenvalue weighted by atomic mass is 13.8. The van der Waals surface area contributed by atoms with Gasteiger partial charge in [0.25, 0.3) is 0 Å². The summed E-state index contributed by atoms with van der Waals surface area (Å²) in [6.07, 6.45) is 11.4. The SMILES string of the molecule is CCCCC#CC=CCCCC. The van der Waals surface area contributed by atoms with Crippen LogP contribution in [0.3, 0.4) is 0 Å². The molecule has 0 aromatic rings. The van der Waals surface area contributed by atoms with Gasteiger partial charge in [0.1, 0.15) is 0 Å². The number of rotatable bonds is 5. The van der Waals surface area contributed by atoms with Gasteiger partial charge in [-0.05, 0) is 18.9 Å². The second kappa shape index (κ2) is 10.3. The molecule has 0 saturated heterocycles. The molecule has 0 radical (unpaired) electrons. The average Bonchev–Trinajstić information content (AvgIpc) is 2.10. The first-order valence-corrected chi connectivity index (χ1v) is 5.05. The quantitative estimate of drug-likeness (QED) is 0.426. The van der Waals surface area contributed by atoms with Crippen molar-refractivity contribution in [1.82, 2.24) is 0 Å². The van der Waals surface area contributed by atoms with E-state index in [1.54, 1.807) is 0 Å². The lowest BCUT2D eigenvalue weighted by Gasteiger charge is -1.85. The van der Waals surface area contributed by atoms with E-state index >= 15 is 0 Å². The van der Waals surface area contributed by atoms with Gasteiger partial charge in [-0.2, -0.15) is 0 Å². The minimum atomic E-state index is 1.05. The molecule has 0 rings (SSSR count). The Bertz CT molecular complexity index is 155. The average molecular weight is 164 g/mol. The van der Waals surface area contributed by atoms with Gasteiger partial charge in [0.2, 0.25) is 0 Å². The first-order valence-electron chi connectivity index (χ1n) is 5.05. The zero-order valence-electron chi connectivity index (χ0n) is 8.40. The second-order valence-corrected chi connectivity index (χ2v) is 2.97. The molecule has 0 unspecified atom stereocenters. The van der Waals surface area contributed by atoms with Gasteiger partial charge < -0.3 is 0 Å². The summed E-state index contributed by atoms with van der Waals surface area (Å²) in [7, 11) is 0. The fraction of sp³-hybridized carbons (Fsp3) is 0.667. The van der Waals surface area contributed by atoms with Crippen LogP contribution < -0.4 is 0 Å². The Labute approximate surface area is 77.1 Å². The topological polar surface area (TPSA) is 0 Å². The van der Waals surface area contributed by atoms with E-state index in [1.165, 1.54) is 32.1 Å². The molecule has 0 aromatic carbocycles. The molecule has 0 atom stereocenters. The fourth-order valence-corrected chi connectivity index (χ4v) is 0.860. The molecule has 0 aliphatic rings. The van der Waals surface area contributed by atoms with E-state index < -0.39 is 0 Å². The van der Waals surface area contributed by atoms with Crippen molar-refractivity contribution >= 4 is 0 Å². The predicted molar refractivity (Wildman–Crippen MR) is 56.0 cm³/mol. The van der Waals surface area contributed by atoms with Gasteiger partial charge in [-0.25, -0.2) is 0 Å². The Balaban J connectivity index is 3.23. The summed E-state index contributed by atoms with van der Waals surface area (Å²) in [5.41, 5.74) is 0. The third kappa shape index (κ3) is 9.30. The van der Waals surface area contributed by atoms with Crippen LogP contribution in [0.15, 0.2) is 12.2 Å². The third-order valence-corrected chi connectivity index (χ3v) is 1.68. The van der Waals surface area contributed by atoms with Crippen LogP contribution in [0.5, 0.6) is 0 Å². The normalized spacial score (nSPS) is 9.83. The highest BCUT2D eigenvalue weighted by molar-refractivity contribution is 5.14. The highest BCUT2D eigenvalue weighted by Gasteiger charge is 1.76.